The Balaban J connectivity index is 1.50. The molecule has 2 aromatic carbocycles. The van der Waals surface area contributed by atoms with E-state index in [0.717, 1.165) is 26.6 Å². The van der Waals surface area contributed by atoms with Crippen molar-refractivity contribution in [3.8, 4) is 28.6 Å². The largest absolute Gasteiger partial charge is 0.494 e. The van der Waals surface area contributed by atoms with Crippen molar-refractivity contribution in [2.24, 2.45) is 0 Å². The molecule has 0 fully saturated rings. The van der Waals surface area contributed by atoms with E-state index in [1.54, 1.807) is 4.57 Å². The van der Waals surface area contributed by atoms with Crippen molar-refractivity contribution in [1.82, 2.24) is 19.7 Å². The smallest absolute Gasteiger partial charge is 0.267 e. The molecule has 0 aliphatic carbocycles. The summed E-state index contributed by atoms with van der Waals surface area (Å²) in [7, 11) is 0. The minimum absolute atomic E-state index is 0.102. The van der Waals surface area contributed by atoms with Gasteiger partial charge in [0.2, 0.25) is 11.7 Å². The van der Waals surface area contributed by atoms with Crippen molar-refractivity contribution in [3.05, 3.63) is 75.2 Å². The molecule has 0 amide bonds. The number of fused-ring (bicyclic) bond motifs is 1. The van der Waals surface area contributed by atoms with Crippen LogP contribution in [0.25, 0.3) is 27.3 Å². The molecule has 0 aliphatic heterocycles. The number of aromatic nitrogens is 4. The van der Waals surface area contributed by atoms with Gasteiger partial charge in [-0.2, -0.15) is 4.98 Å². The molecule has 8 nitrogen and oxygen atoms in total. The second-order valence-corrected chi connectivity index (χ2v) is 10.3. The molecule has 10 heteroatoms. The molecule has 0 aliphatic rings. The molecule has 3 heterocycles. The van der Waals surface area contributed by atoms with E-state index in [1.165, 1.54) is 23.1 Å². The van der Waals surface area contributed by atoms with Gasteiger partial charge in [0.25, 0.3) is 5.56 Å². The first-order chi connectivity index (χ1) is 18.0. The van der Waals surface area contributed by atoms with Gasteiger partial charge in [0.05, 0.1) is 35.6 Å². The van der Waals surface area contributed by atoms with Crippen LogP contribution >= 0.6 is 23.1 Å². The van der Waals surface area contributed by atoms with Gasteiger partial charge in [-0.1, -0.05) is 29.1 Å². The van der Waals surface area contributed by atoms with E-state index in [-0.39, 0.29) is 5.56 Å². The van der Waals surface area contributed by atoms with Crippen LogP contribution < -0.4 is 15.0 Å². The van der Waals surface area contributed by atoms with Crippen molar-refractivity contribution in [1.29, 1.82) is 0 Å². The maximum absolute atomic E-state index is 13.7. The van der Waals surface area contributed by atoms with Crippen molar-refractivity contribution in [2.75, 3.05) is 13.2 Å². The minimum atomic E-state index is -0.102. The van der Waals surface area contributed by atoms with Crippen molar-refractivity contribution in [3.63, 3.8) is 0 Å². The predicted molar refractivity (Wildman–Crippen MR) is 146 cm³/mol. The number of hydrogen-bond acceptors (Lipinski definition) is 9. The fraction of sp³-hybridized carbons (Fsp3) is 0.259. The summed E-state index contributed by atoms with van der Waals surface area (Å²) >= 11 is 2.90. The molecule has 0 saturated carbocycles. The van der Waals surface area contributed by atoms with Crippen LogP contribution in [0.4, 0.5) is 0 Å². The van der Waals surface area contributed by atoms with E-state index in [2.05, 4.69) is 10.1 Å². The molecule has 5 rings (SSSR count). The zero-order valence-electron chi connectivity index (χ0n) is 21.0. The van der Waals surface area contributed by atoms with Gasteiger partial charge in [0.1, 0.15) is 16.3 Å². The Hall–Kier alpha value is -3.63. The quantitative estimate of drug-likeness (QED) is 0.163. The molecule has 0 N–H and O–H groups in total. The third-order valence-corrected chi connectivity index (χ3v) is 7.82. The molecule has 0 spiro atoms. The number of thiophene rings is 1. The first-order valence-corrected chi connectivity index (χ1v) is 13.7. The van der Waals surface area contributed by atoms with Crippen LogP contribution in [0, 0.1) is 13.8 Å². The lowest BCUT2D eigenvalue weighted by atomic mass is 10.2. The molecular weight excluding hydrogens is 508 g/mol. The summed E-state index contributed by atoms with van der Waals surface area (Å²) in [5.41, 5.74) is 2.34. The van der Waals surface area contributed by atoms with E-state index < -0.39 is 0 Å². The molecule has 0 atom stereocenters. The van der Waals surface area contributed by atoms with Crippen LogP contribution in [0.3, 0.4) is 0 Å². The molecular formula is C27H26N4O4S2. The number of para-hydroxylation sites is 1. The van der Waals surface area contributed by atoms with Crippen LogP contribution in [0.1, 0.15) is 30.2 Å². The Morgan fingerprint density at radius 2 is 1.76 bits per heavy atom. The maximum Gasteiger partial charge on any atom is 0.267 e. The number of ether oxygens (including phenoxy) is 2. The summed E-state index contributed by atoms with van der Waals surface area (Å²) in [6.45, 7) is 8.95. The first kappa shape index (κ1) is 25.0. The highest BCUT2D eigenvalue weighted by atomic mass is 32.2. The predicted octanol–water partition coefficient (Wildman–Crippen LogP) is 6.20. The summed E-state index contributed by atoms with van der Waals surface area (Å²) in [4.78, 5) is 25.0. The summed E-state index contributed by atoms with van der Waals surface area (Å²) in [6.07, 6.45) is 0. The van der Waals surface area contributed by atoms with E-state index in [4.69, 9.17) is 19.0 Å². The number of hydrogen-bond donors (Lipinski definition) is 0. The van der Waals surface area contributed by atoms with Gasteiger partial charge < -0.3 is 14.0 Å². The van der Waals surface area contributed by atoms with Gasteiger partial charge >= 0.3 is 0 Å². The maximum atomic E-state index is 13.7. The summed E-state index contributed by atoms with van der Waals surface area (Å²) in [6, 6.07) is 15.0. The summed E-state index contributed by atoms with van der Waals surface area (Å²) < 4.78 is 18.5. The standard InChI is InChI=1S/C27H26N4O4S2/c1-5-33-19-13-11-18(12-14-19)31-26(32)23-16(3)17(4)37-25(23)29-27(31)36-15-22-28-24(30-35-22)20-9-7-8-10-21(20)34-6-2/h7-14H,5-6,15H2,1-4H3. The van der Waals surface area contributed by atoms with Crippen LogP contribution in [-0.4, -0.2) is 32.9 Å². The Labute approximate surface area is 222 Å². The summed E-state index contributed by atoms with van der Waals surface area (Å²) in [5.74, 6) is 2.68. The number of thioether (sulfide) groups is 1. The van der Waals surface area contributed by atoms with Crippen molar-refractivity contribution < 1.29 is 14.0 Å². The van der Waals surface area contributed by atoms with Crippen molar-refractivity contribution in [2.45, 2.75) is 38.6 Å². The Morgan fingerprint density at radius 3 is 2.51 bits per heavy atom. The third kappa shape index (κ3) is 4.99. The van der Waals surface area contributed by atoms with Crippen molar-refractivity contribution >= 4 is 33.3 Å². The fourth-order valence-electron chi connectivity index (χ4n) is 3.94. The molecule has 0 radical (unpaired) electrons. The number of rotatable bonds is 9. The topological polar surface area (TPSA) is 92.3 Å². The highest BCUT2D eigenvalue weighted by Crippen LogP contribution is 2.32. The van der Waals surface area contributed by atoms with Gasteiger partial charge in [-0.05, 0) is 69.7 Å². The Morgan fingerprint density at radius 1 is 1.00 bits per heavy atom. The number of benzene rings is 2. The lowest BCUT2D eigenvalue weighted by molar-refractivity contribution is 0.340. The first-order valence-electron chi connectivity index (χ1n) is 11.9. The lowest BCUT2D eigenvalue weighted by Gasteiger charge is -2.12. The minimum Gasteiger partial charge on any atom is -0.494 e. The normalized spacial score (nSPS) is 11.2. The zero-order chi connectivity index (χ0) is 25.9. The van der Waals surface area contributed by atoms with Gasteiger partial charge in [-0.3, -0.25) is 9.36 Å². The SMILES string of the molecule is CCOc1ccc(-n2c(SCc3nc(-c4ccccc4OCC)no3)nc3sc(C)c(C)c3c2=O)cc1. The molecule has 190 valence electrons. The highest BCUT2D eigenvalue weighted by molar-refractivity contribution is 7.98. The van der Waals surface area contributed by atoms with Crippen LogP contribution in [0.15, 0.2) is 63.0 Å². The zero-order valence-corrected chi connectivity index (χ0v) is 22.6. The molecule has 0 unspecified atom stereocenters. The van der Waals surface area contributed by atoms with E-state index in [1.807, 2.05) is 76.2 Å². The lowest BCUT2D eigenvalue weighted by Crippen LogP contribution is -2.21. The van der Waals surface area contributed by atoms with Gasteiger partial charge in [0, 0.05) is 4.88 Å². The molecule has 0 bridgehead atoms. The summed E-state index contributed by atoms with van der Waals surface area (Å²) in [5, 5.41) is 5.35. The van der Waals surface area contributed by atoms with E-state index in [9.17, 15) is 4.79 Å². The van der Waals surface area contributed by atoms with E-state index >= 15 is 0 Å². The third-order valence-electron chi connectivity index (χ3n) is 5.80. The second kappa shape index (κ2) is 10.8. The van der Waals surface area contributed by atoms with E-state index in [0.29, 0.717) is 52.7 Å². The number of aryl methyl sites for hydroxylation is 2. The van der Waals surface area contributed by atoms with Gasteiger partial charge in [-0.15, -0.1) is 11.3 Å². The Kier molecular flexibility index (Phi) is 7.29. The van der Waals surface area contributed by atoms with Crippen LogP contribution in [-0.2, 0) is 5.75 Å². The number of nitrogens with zero attached hydrogens (tertiary/aromatic N) is 4. The second-order valence-electron chi connectivity index (χ2n) is 8.15. The highest BCUT2D eigenvalue weighted by Gasteiger charge is 2.20. The fourth-order valence-corrected chi connectivity index (χ4v) is 5.86. The van der Waals surface area contributed by atoms with Gasteiger partial charge in [-0.25, -0.2) is 4.98 Å². The van der Waals surface area contributed by atoms with Gasteiger partial charge in [0.15, 0.2) is 5.16 Å². The molecule has 0 saturated heterocycles. The van der Waals surface area contributed by atoms with Crippen LogP contribution in [0.2, 0.25) is 0 Å². The molecule has 3 aromatic heterocycles. The monoisotopic (exact) mass is 534 g/mol. The van der Waals surface area contributed by atoms with Crippen LogP contribution in [0.5, 0.6) is 11.5 Å². The average Bonchev–Trinajstić information content (AvgIpc) is 3.48. The average molecular weight is 535 g/mol. The molecule has 37 heavy (non-hydrogen) atoms. The Bertz CT molecular complexity index is 1610. The molecule has 5 aromatic rings.